The standard InChI is InChI=1S/C8H8FNO4/c9-6-4(12)2-1-3(11)5(6)7(10)8(13)14/h1-2,7,11-12H,10H2,(H,13,14). The number of phenolic OH excluding ortho intramolecular Hbond substituents is 2. The van der Waals surface area contributed by atoms with E-state index >= 15 is 0 Å². The number of halogens is 1. The molecule has 0 aliphatic carbocycles. The van der Waals surface area contributed by atoms with Crippen molar-refractivity contribution in [3.8, 4) is 11.5 Å². The lowest BCUT2D eigenvalue weighted by Crippen LogP contribution is -2.22. The van der Waals surface area contributed by atoms with E-state index in [9.17, 15) is 9.18 Å². The van der Waals surface area contributed by atoms with Crippen LogP contribution >= 0.6 is 0 Å². The maximum absolute atomic E-state index is 13.1. The van der Waals surface area contributed by atoms with Gasteiger partial charge in [0.2, 0.25) is 0 Å². The molecule has 5 N–H and O–H groups in total. The molecule has 0 aliphatic heterocycles. The Bertz CT molecular complexity index is 380. The zero-order valence-electron chi connectivity index (χ0n) is 6.94. The van der Waals surface area contributed by atoms with Gasteiger partial charge in [0.05, 0.1) is 5.56 Å². The zero-order chi connectivity index (χ0) is 10.9. The summed E-state index contributed by atoms with van der Waals surface area (Å²) in [5, 5.41) is 26.6. The summed E-state index contributed by atoms with van der Waals surface area (Å²) >= 11 is 0. The van der Waals surface area contributed by atoms with Crippen molar-refractivity contribution in [1.82, 2.24) is 0 Å². The topological polar surface area (TPSA) is 104 Å². The van der Waals surface area contributed by atoms with Crippen molar-refractivity contribution in [1.29, 1.82) is 0 Å². The second kappa shape index (κ2) is 3.51. The largest absolute Gasteiger partial charge is 0.507 e. The monoisotopic (exact) mass is 201 g/mol. The molecule has 0 aromatic heterocycles. The minimum Gasteiger partial charge on any atom is -0.507 e. The van der Waals surface area contributed by atoms with Gasteiger partial charge in [0.15, 0.2) is 11.6 Å². The molecule has 5 nitrogen and oxygen atoms in total. The van der Waals surface area contributed by atoms with E-state index in [1.54, 1.807) is 0 Å². The van der Waals surface area contributed by atoms with Crippen molar-refractivity contribution in [3.05, 3.63) is 23.5 Å². The number of rotatable bonds is 2. The van der Waals surface area contributed by atoms with Crippen LogP contribution in [0.15, 0.2) is 12.1 Å². The molecule has 0 bridgehead atoms. The van der Waals surface area contributed by atoms with Crippen LogP contribution < -0.4 is 5.73 Å². The molecule has 0 aliphatic rings. The molecule has 1 aromatic carbocycles. The summed E-state index contributed by atoms with van der Waals surface area (Å²) in [5.74, 6) is -4.07. The number of hydrogen-bond acceptors (Lipinski definition) is 4. The number of nitrogens with two attached hydrogens (primary N) is 1. The van der Waals surface area contributed by atoms with E-state index < -0.39 is 34.9 Å². The fourth-order valence-electron chi connectivity index (χ4n) is 0.991. The summed E-state index contributed by atoms with van der Waals surface area (Å²) in [6.07, 6.45) is 0. The van der Waals surface area contributed by atoms with Gasteiger partial charge in [0.1, 0.15) is 11.8 Å². The number of phenols is 2. The van der Waals surface area contributed by atoms with Crippen LogP contribution in [0.1, 0.15) is 11.6 Å². The van der Waals surface area contributed by atoms with Crippen molar-refractivity contribution >= 4 is 5.97 Å². The number of benzene rings is 1. The number of carbonyl (C=O) groups is 1. The maximum atomic E-state index is 13.1. The fraction of sp³-hybridized carbons (Fsp3) is 0.125. The first kappa shape index (κ1) is 10.3. The summed E-state index contributed by atoms with van der Waals surface area (Å²) in [6.45, 7) is 0. The van der Waals surface area contributed by atoms with Crippen LogP contribution in [0.5, 0.6) is 11.5 Å². The van der Waals surface area contributed by atoms with Crippen LogP contribution in [0.4, 0.5) is 4.39 Å². The SMILES string of the molecule is NC(C(=O)O)c1c(O)ccc(O)c1F. The zero-order valence-corrected chi connectivity index (χ0v) is 6.94. The number of carboxylic acids is 1. The molecule has 76 valence electrons. The molecular formula is C8H8FNO4. The molecule has 6 heteroatoms. The minimum absolute atomic E-state index is 0.602. The number of hydrogen-bond donors (Lipinski definition) is 4. The Labute approximate surface area is 78.2 Å². The Hall–Kier alpha value is -1.82. The van der Waals surface area contributed by atoms with E-state index in [0.717, 1.165) is 12.1 Å². The molecule has 1 atom stereocenters. The molecular weight excluding hydrogens is 193 g/mol. The number of aliphatic carboxylic acids is 1. The maximum Gasteiger partial charge on any atom is 0.325 e. The lowest BCUT2D eigenvalue weighted by Gasteiger charge is -2.10. The van der Waals surface area contributed by atoms with Crippen molar-refractivity contribution in [2.24, 2.45) is 5.73 Å². The lowest BCUT2D eigenvalue weighted by molar-refractivity contribution is -0.138. The fourth-order valence-corrected chi connectivity index (χ4v) is 0.991. The van der Waals surface area contributed by atoms with Crippen LogP contribution in [-0.4, -0.2) is 21.3 Å². The Balaban J connectivity index is 3.32. The minimum atomic E-state index is -1.71. The Morgan fingerprint density at radius 3 is 2.36 bits per heavy atom. The number of carboxylic acid groups (broad SMARTS) is 1. The van der Waals surface area contributed by atoms with E-state index in [2.05, 4.69) is 0 Å². The Morgan fingerprint density at radius 2 is 1.86 bits per heavy atom. The smallest absolute Gasteiger partial charge is 0.325 e. The molecule has 0 saturated heterocycles. The summed E-state index contributed by atoms with van der Waals surface area (Å²) < 4.78 is 13.1. The Morgan fingerprint density at radius 1 is 1.36 bits per heavy atom. The van der Waals surface area contributed by atoms with Gasteiger partial charge in [-0.1, -0.05) is 0 Å². The molecule has 1 rings (SSSR count). The van der Waals surface area contributed by atoms with Gasteiger partial charge in [-0.15, -0.1) is 0 Å². The molecule has 1 aromatic rings. The summed E-state index contributed by atoms with van der Waals surface area (Å²) in [6, 6.07) is 0.168. The van der Waals surface area contributed by atoms with Gasteiger partial charge in [-0.25, -0.2) is 4.39 Å². The van der Waals surface area contributed by atoms with Gasteiger partial charge in [0, 0.05) is 0 Å². The molecule has 0 radical (unpaired) electrons. The second-order valence-electron chi connectivity index (χ2n) is 2.65. The predicted octanol–water partition coefficient (Wildman–Crippen LogP) is 0.321. The molecule has 0 fully saturated rings. The van der Waals surface area contributed by atoms with Gasteiger partial charge < -0.3 is 21.1 Å². The summed E-state index contributed by atoms with van der Waals surface area (Å²) in [5.41, 5.74) is 4.47. The average molecular weight is 201 g/mol. The van der Waals surface area contributed by atoms with E-state index in [0.29, 0.717) is 0 Å². The molecule has 1 unspecified atom stereocenters. The number of aromatic hydroxyl groups is 2. The predicted molar refractivity (Wildman–Crippen MR) is 44.3 cm³/mol. The highest BCUT2D eigenvalue weighted by Crippen LogP contribution is 2.31. The van der Waals surface area contributed by atoms with E-state index in [-0.39, 0.29) is 0 Å². The van der Waals surface area contributed by atoms with Gasteiger partial charge in [-0.05, 0) is 12.1 Å². The third-order valence-electron chi connectivity index (χ3n) is 1.71. The molecule has 0 saturated carbocycles. The van der Waals surface area contributed by atoms with Crippen molar-refractivity contribution in [2.75, 3.05) is 0 Å². The van der Waals surface area contributed by atoms with E-state index in [4.69, 9.17) is 21.1 Å². The Kier molecular flexibility index (Phi) is 2.57. The third kappa shape index (κ3) is 1.60. The first-order chi connectivity index (χ1) is 6.45. The highest BCUT2D eigenvalue weighted by molar-refractivity contribution is 5.76. The average Bonchev–Trinajstić information content (AvgIpc) is 2.12. The first-order valence-electron chi connectivity index (χ1n) is 3.64. The molecule has 14 heavy (non-hydrogen) atoms. The van der Waals surface area contributed by atoms with E-state index in [1.165, 1.54) is 0 Å². The third-order valence-corrected chi connectivity index (χ3v) is 1.71. The lowest BCUT2D eigenvalue weighted by atomic mass is 10.1. The normalized spacial score (nSPS) is 12.4. The molecule has 0 heterocycles. The van der Waals surface area contributed by atoms with E-state index in [1.807, 2.05) is 0 Å². The summed E-state index contributed by atoms with van der Waals surface area (Å²) in [4.78, 5) is 10.4. The van der Waals surface area contributed by atoms with Gasteiger partial charge >= 0.3 is 5.97 Å². The van der Waals surface area contributed by atoms with Gasteiger partial charge in [-0.2, -0.15) is 0 Å². The van der Waals surface area contributed by atoms with Crippen LogP contribution in [0, 0.1) is 5.82 Å². The molecule has 0 amide bonds. The first-order valence-corrected chi connectivity index (χ1v) is 3.64. The highest BCUT2D eigenvalue weighted by Gasteiger charge is 2.24. The van der Waals surface area contributed by atoms with Crippen LogP contribution in [-0.2, 0) is 4.79 Å². The summed E-state index contributed by atoms with van der Waals surface area (Å²) in [7, 11) is 0. The van der Waals surface area contributed by atoms with Gasteiger partial charge in [-0.3, -0.25) is 4.79 Å². The van der Waals surface area contributed by atoms with Crippen LogP contribution in [0.25, 0.3) is 0 Å². The highest BCUT2D eigenvalue weighted by atomic mass is 19.1. The second-order valence-corrected chi connectivity index (χ2v) is 2.65. The quantitative estimate of drug-likeness (QED) is 0.516. The van der Waals surface area contributed by atoms with Crippen LogP contribution in [0.2, 0.25) is 0 Å². The van der Waals surface area contributed by atoms with Gasteiger partial charge in [0.25, 0.3) is 0 Å². The van der Waals surface area contributed by atoms with Crippen LogP contribution in [0.3, 0.4) is 0 Å². The van der Waals surface area contributed by atoms with Crippen molar-refractivity contribution in [2.45, 2.75) is 6.04 Å². The van der Waals surface area contributed by atoms with Crippen molar-refractivity contribution in [3.63, 3.8) is 0 Å². The van der Waals surface area contributed by atoms with Crippen molar-refractivity contribution < 1.29 is 24.5 Å². The molecule has 0 spiro atoms.